The Morgan fingerprint density at radius 3 is 2.27 bits per heavy atom. The molecule has 0 aromatic heterocycles. The van der Waals surface area contributed by atoms with Crippen molar-refractivity contribution in [1.82, 2.24) is 5.32 Å². The molecule has 0 unspecified atom stereocenters. The highest BCUT2D eigenvalue weighted by atomic mass is 79.9. The highest BCUT2D eigenvalue weighted by Gasteiger charge is 2.12. The summed E-state index contributed by atoms with van der Waals surface area (Å²) in [4.78, 5) is 25.1. The quantitative estimate of drug-likeness (QED) is 0.336. The van der Waals surface area contributed by atoms with Crippen molar-refractivity contribution in [2.75, 3.05) is 17.2 Å². The van der Waals surface area contributed by atoms with Gasteiger partial charge in [0.05, 0.1) is 11.1 Å². The molecule has 0 aliphatic heterocycles. The van der Waals surface area contributed by atoms with Crippen molar-refractivity contribution in [3.8, 4) is 5.75 Å². The summed E-state index contributed by atoms with van der Waals surface area (Å²) in [6, 6.07) is 21.1. The molecule has 3 N–H and O–H groups in total. The second-order valence-corrected chi connectivity index (χ2v) is 8.92. The highest BCUT2D eigenvalue weighted by Crippen LogP contribution is 2.26. The zero-order valence-corrected chi connectivity index (χ0v) is 20.6. The molecule has 3 aromatic carbocycles. The summed E-state index contributed by atoms with van der Waals surface area (Å²) >= 11 is 8.71. The first-order valence-corrected chi connectivity index (χ1v) is 11.5. The van der Waals surface area contributed by atoms with Crippen molar-refractivity contribution < 1.29 is 14.3 Å². The largest absolute Gasteiger partial charge is 0.492 e. The molecule has 0 saturated heterocycles. The number of rotatable bonds is 7. The summed E-state index contributed by atoms with van der Waals surface area (Å²) in [6.45, 7) is 4.71. The van der Waals surface area contributed by atoms with Gasteiger partial charge >= 0.3 is 0 Å². The molecule has 2 amide bonds. The minimum atomic E-state index is -0.360. The Hall–Kier alpha value is -3.23. The summed E-state index contributed by atoms with van der Waals surface area (Å²) in [5.74, 6) is 0.462. The lowest BCUT2D eigenvalue weighted by atomic mass is 10.2. The number of hydrogen-bond acceptors (Lipinski definition) is 4. The van der Waals surface area contributed by atoms with Crippen LogP contribution in [0.3, 0.4) is 0 Å². The highest BCUT2D eigenvalue weighted by molar-refractivity contribution is 9.10. The lowest BCUT2D eigenvalue weighted by molar-refractivity contribution is 0.0976. The molecule has 0 fully saturated rings. The van der Waals surface area contributed by atoms with E-state index in [1.165, 1.54) is 0 Å². The monoisotopic (exact) mass is 525 g/mol. The fourth-order valence-electron chi connectivity index (χ4n) is 2.82. The van der Waals surface area contributed by atoms with Gasteiger partial charge in [0, 0.05) is 22.5 Å². The van der Waals surface area contributed by atoms with E-state index >= 15 is 0 Å². The average Bonchev–Trinajstić information content (AvgIpc) is 2.78. The van der Waals surface area contributed by atoms with Crippen LogP contribution in [0.5, 0.6) is 5.75 Å². The summed E-state index contributed by atoms with van der Waals surface area (Å²) in [5.41, 5.74) is 2.17. The van der Waals surface area contributed by atoms with E-state index in [0.717, 1.165) is 0 Å². The molecule has 3 rings (SSSR count). The predicted octanol–water partition coefficient (Wildman–Crippen LogP) is 5.86. The third-order valence-corrected chi connectivity index (χ3v) is 5.23. The van der Waals surface area contributed by atoms with E-state index in [2.05, 4.69) is 45.7 Å². The number of para-hydroxylation sites is 1. The minimum Gasteiger partial charge on any atom is -0.492 e. The first-order valence-electron chi connectivity index (χ1n) is 10.3. The van der Waals surface area contributed by atoms with Crippen LogP contribution in [-0.4, -0.2) is 23.5 Å². The molecule has 0 bridgehead atoms. The molecule has 0 aliphatic carbocycles. The van der Waals surface area contributed by atoms with Gasteiger partial charge in [-0.2, -0.15) is 0 Å². The molecule has 0 aliphatic rings. The van der Waals surface area contributed by atoms with Gasteiger partial charge in [-0.05, 0) is 82.6 Å². The van der Waals surface area contributed by atoms with Crippen LogP contribution in [0.1, 0.15) is 34.6 Å². The number of hydrogen-bond donors (Lipinski definition) is 3. The fraction of sp³-hybridized carbons (Fsp3) is 0.160. The molecule has 3 aromatic rings. The maximum absolute atomic E-state index is 12.6. The Morgan fingerprint density at radius 2 is 1.58 bits per heavy atom. The predicted molar refractivity (Wildman–Crippen MR) is 139 cm³/mol. The van der Waals surface area contributed by atoms with E-state index in [0.29, 0.717) is 45.2 Å². The summed E-state index contributed by atoms with van der Waals surface area (Å²) < 4.78 is 6.40. The maximum Gasteiger partial charge on any atom is 0.257 e. The molecule has 6 nitrogen and oxygen atoms in total. The second kappa shape index (κ2) is 11.6. The van der Waals surface area contributed by atoms with Gasteiger partial charge in [0.2, 0.25) is 0 Å². The van der Waals surface area contributed by atoms with Gasteiger partial charge in [-0.25, -0.2) is 0 Å². The first kappa shape index (κ1) is 24.4. The Kier molecular flexibility index (Phi) is 8.57. The van der Waals surface area contributed by atoms with Crippen LogP contribution in [0.4, 0.5) is 11.4 Å². The number of ether oxygens (including phenoxy) is 1. The molecule has 0 radical (unpaired) electrons. The first-order chi connectivity index (χ1) is 15.8. The van der Waals surface area contributed by atoms with Crippen LogP contribution < -0.4 is 20.7 Å². The Morgan fingerprint density at radius 1 is 0.879 bits per heavy atom. The van der Waals surface area contributed by atoms with Crippen molar-refractivity contribution in [1.29, 1.82) is 0 Å². The Bertz CT molecular complexity index is 1150. The van der Waals surface area contributed by atoms with Crippen LogP contribution in [-0.2, 0) is 0 Å². The van der Waals surface area contributed by atoms with Gasteiger partial charge in [-0.15, -0.1) is 0 Å². The van der Waals surface area contributed by atoms with Crippen molar-refractivity contribution in [2.45, 2.75) is 13.8 Å². The van der Waals surface area contributed by atoms with Crippen molar-refractivity contribution in [3.63, 3.8) is 0 Å². The molecule has 0 saturated carbocycles. The van der Waals surface area contributed by atoms with E-state index in [-0.39, 0.29) is 16.9 Å². The lowest BCUT2D eigenvalue weighted by Gasteiger charge is -2.13. The third-order valence-electron chi connectivity index (χ3n) is 4.41. The summed E-state index contributed by atoms with van der Waals surface area (Å²) in [7, 11) is 0. The van der Waals surface area contributed by atoms with Crippen LogP contribution >= 0.6 is 28.1 Å². The fourth-order valence-corrected chi connectivity index (χ4v) is 3.52. The number of halogens is 1. The SMILES string of the molecule is CC(C)COc1ccc(C(=O)NC(=S)Nc2cccc(C(=O)Nc3ccccc3)c2)cc1Br. The molecular weight excluding hydrogens is 502 g/mol. The number of carbonyl (C=O) groups excluding carboxylic acids is 2. The Labute approximate surface area is 206 Å². The van der Waals surface area contributed by atoms with E-state index < -0.39 is 0 Å². The van der Waals surface area contributed by atoms with Gasteiger partial charge in [0.25, 0.3) is 11.8 Å². The van der Waals surface area contributed by atoms with Gasteiger partial charge in [0.15, 0.2) is 5.11 Å². The van der Waals surface area contributed by atoms with Crippen molar-refractivity contribution in [2.24, 2.45) is 5.92 Å². The van der Waals surface area contributed by atoms with E-state index in [1.54, 1.807) is 42.5 Å². The zero-order valence-electron chi connectivity index (χ0n) is 18.2. The third kappa shape index (κ3) is 7.40. The topological polar surface area (TPSA) is 79.5 Å². The number of carbonyl (C=O) groups is 2. The number of thiocarbonyl (C=S) groups is 1. The summed E-state index contributed by atoms with van der Waals surface area (Å²) in [5, 5.41) is 8.55. The summed E-state index contributed by atoms with van der Waals surface area (Å²) in [6.07, 6.45) is 0. The van der Waals surface area contributed by atoms with Crippen LogP contribution in [0.25, 0.3) is 0 Å². The van der Waals surface area contributed by atoms with Crippen LogP contribution in [0.2, 0.25) is 0 Å². The molecular formula is C25H24BrN3O3S. The molecule has 0 atom stereocenters. The molecule has 8 heteroatoms. The molecule has 33 heavy (non-hydrogen) atoms. The number of anilines is 2. The minimum absolute atomic E-state index is 0.122. The molecule has 0 spiro atoms. The number of benzene rings is 3. The molecule has 170 valence electrons. The van der Waals surface area contributed by atoms with Crippen molar-refractivity contribution in [3.05, 3.63) is 88.4 Å². The van der Waals surface area contributed by atoms with E-state index in [9.17, 15) is 9.59 Å². The van der Waals surface area contributed by atoms with E-state index in [4.69, 9.17) is 17.0 Å². The second-order valence-electron chi connectivity index (χ2n) is 7.66. The lowest BCUT2D eigenvalue weighted by Crippen LogP contribution is -2.34. The van der Waals surface area contributed by atoms with Gasteiger partial charge in [-0.1, -0.05) is 38.1 Å². The molecule has 0 heterocycles. The van der Waals surface area contributed by atoms with Crippen LogP contribution in [0, 0.1) is 5.92 Å². The standard InChI is InChI=1S/C25H24BrN3O3S/c1-16(2)15-32-22-12-11-18(14-21(22)26)24(31)29-25(33)28-20-10-6-7-17(13-20)23(30)27-19-8-4-3-5-9-19/h3-14,16H,15H2,1-2H3,(H,27,30)(H2,28,29,31,33). The van der Waals surface area contributed by atoms with Crippen LogP contribution in [0.15, 0.2) is 77.3 Å². The number of nitrogens with one attached hydrogen (secondary N) is 3. The number of amides is 2. The zero-order chi connectivity index (χ0) is 23.8. The van der Waals surface area contributed by atoms with Gasteiger partial charge in [0.1, 0.15) is 5.75 Å². The normalized spacial score (nSPS) is 10.4. The van der Waals surface area contributed by atoms with E-state index in [1.807, 2.05) is 30.3 Å². The maximum atomic E-state index is 12.6. The Balaban J connectivity index is 1.59. The smallest absolute Gasteiger partial charge is 0.257 e. The van der Waals surface area contributed by atoms with Gasteiger partial charge < -0.3 is 15.4 Å². The van der Waals surface area contributed by atoms with Gasteiger partial charge in [-0.3, -0.25) is 14.9 Å². The average molecular weight is 526 g/mol. The van der Waals surface area contributed by atoms with Crippen molar-refractivity contribution >= 4 is 56.4 Å².